The first-order valence-electron chi connectivity index (χ1n) is 5.52. The second-order valence-electron chi connectivity index (χ2n) is 3.77. The molecule has 1 atom stereocenters. The maximum Gasteiger partial charge on any atom is 0.332 e. The predicted molar refractivity (Wildman–Crippen MR) is 62.6 cm³/mol. The summed E-state index contributed by atoms with van der Waals surface area (Å²) in [5.74, 6) is 0. The third-order valence-electron chi connectivity index (χ3n) is 2.27. The highest BCUT2D eigenvalue weighted by atomic mass is 28.4. The highest BCUT2D eigenvalue weighted by Crippen LogP contribution is 2.12. The summed E-state index contributed by atoms with van der Waals surface area (Å²) in [5, 5.41) is 0. The van der Waals surface area contributed by atoms with Crippen molar-refractivity contribution in [2.45, 2.75) is 47.0 Å². The van der Waals surface area contributed by atoms with Gasteiger partial charge < -0.3 is 8.85 Å². The first-order chi connectivity index (χ1) is 6.46. The topological polar surface area (TPSA) is 21.7 Å². The van der Waals surface area contributed by atoms with Gasteiger partial charge in [0.05, 0.1) is 6.23 Å². The summed E-state index contributed by atoms with van der Waals surface area (Å²) in [4.78, 5) is 2.29. The highest BCUT2D eigenvalue weighted by molar-refractivity contribution is 6.64. The van der Waals surface area contributed by atoms with Crippen molar-refractivity contribution in [3.8, 4) is 0 Å². The standard InChI is InChI=1S/C10H25NO2Si/c1-7-11(8-2)10(4)13-14(5,6)12-9-3/h10H,7-9H2,1-6H3. The van der Waals surface area contributed by atoms with Gasteiger partial charge in [-0.1, -0.05) is 13.8 Å². The van der Waals surface area contributed by atoms with E-state index in [2.05, 4.69) is 38.8 Å². The van der Waals surface area contributed by atoms with Crippen LogP contribution in [0, 0.1) is 0 Å². The molecule has 0 aromatic carbocycles. The van der Waals surface area contributed by atoms with Crippen LogP contribution in [-0.4, -0.2) is 39.4 Å². The third-order valence-corrected chi connectivity index (χ3v) is 4.17. The van der Waals surface area contributed by atoms with E-state index in [9.17, 15) is 0 Å². The van der Waals surface area contributed by atoms with Crippen molar-refractivity contribution in [2.75, 3.05) is 19.7 Å². The first kappa shape index (κ1) is 14.1. The van der Waals surface area contributed by atoms with E-state index in [-0.39, 0.29) is 6.23 Å². The molecule has 1 unspecified atom stereocenters. The van der Waals surface area contributed by atoms with Crippen molar-refractivity contribution >= 4 is 8.56 Å². The monoisotopic (exact) mass is 219 g/mol. The lowest BCUT2D eigenvalue weighted by molar-refractivity contribution is 0.0158. The molecule has 0 spiro atoms. The average molecular weight is 219 g/mol. The van der Waals surface area contributed by atoms with E-state index in [0.29, 0.717) is 0 Å². The first-order valence-corrected chi connectivity index (χ1v) is 8.34. The van der Waals surface area contributed by atoms with Gasteiger partial charge in [0.1, 0.15) is 0 Å². The maximum absolute atomic E-state index is 5.96. The van der Waals surface area contributed by atoms with Crippen LogP contribution in [0.2, 0.25) is 13.1 Å². The molecule has 0 rings (SSSR count). The molecule has 86 valence electrons. The fourth-order valence-electron chi connectivity index (χ4n) is 1.60. The Morgan fingerprint density at radius 2 is 1.64 bits per heavy atom. The van der Waals surface area contributed by atoms with E-state index in [4.69, 9.17) is 8.85 Å². The molecule has 14 heavy (non-hydrogen) atoms. The molecule has 0 bridgehead atoms. The van der Waals surface area contributed by atoms with Crippen LogP contribution in [-0.2, 0) is 8.85 Å². The van der Waals surface area contributed by atoms with E-state index in [1.165, 1.54) is 0 Å². The molecule has 0 aromatic heterocycles. The summed E-state index contributed by atoms with van der Waals surface area (Å²) < 4.78 is 11.6. The lowest BCUT2D eigenvalue weighted by Gasteiger charge is -2.33. The lowest BCUT2D eigenvalue weighted by Crippen LogP contribution is -2.45. The summed E-state index contributed by atoms with van der Waals surface area (Å²) >= 11 is 0. The largest absolute Gasteiger partial charge is 0.395 e. The molecule has 0 saturated carbocycles. The van der Waals surface area contributed by atoms with E-state index < -0.39 is 8.56 Å². The molecule has 0 N–H and O–H groups in total. The van der Waals surface area contributed by atoms with Crippen molar-refractivity contribution in [1.29, 1.82) is 0 Å². The SMILES string of the molecule is CCO[Si](C)(C)OC(C)N(CC)CC. The zero-order valence-electron chi connectivity index (χ0n) is 10.5. The molecular formula is C10H25NO2Si. The molecule has 0 aliphatic heterocycles. The Kier molecular flexibility index (Phi) is 6.60. The van der Waals surface area contributed by atoms with Crippen LogP contribution >= 0.6 is 0 Å². The average Bonchev–Trinajstić information content (AvgIpc) is 2.04. The number of hydrogen-bond acceptors (Lipinski definition) is 3. The Hall–Kier alpha value is 0.0969. The Bertz CT molecular complexity index is 149. The summed E-state index contributed by atoms with van der Waals surface area (Å²) in [7, 11) is -1.90. The van der Waals surface area contributed by atoms with Gasteiger partial charge in [-0.25, -0.2) is 0 Å². The van der Waals surface area contributed by atoms with Gasteiger partial charge in [-0.2, -0.15) is 0 Å². The predicted octanol–water partition coefficient (Wildman–Crippen LogP) is 2.43. The van der Waals surface area contributed by atoms with Crippen LogP contribution < -0.4 is 0 Å². The molecule has 0 fully saturated rings. The van der Waals surface area contributed by atoms with Gasteiger partial charge in [-0.15, -0.1) is 0 Å². The summed E-state index contributed by atoms with van der Waals surface area (Å²) in [6.45, 7) is 15.4. The van der Waals surface area contributed by atoms with Crippen molar-refractivity contribution in [3.63, 3.8) is 0 Å². The van der Waals surface area contributed by atoms with Gasteiger partial charge in [-0.05, 0) is 40.0 Å². The van der Waals surface area contributed by atoms with Crippen LogP contribution in [0.5, 0.6) is 0 Å². The third kappa shape index (κ3) is 5.10. The maximum atomic E-state index is 5.96. The molecule has 0 aromatic rings. The number of hydrogen-bond donors (Lipinski definition) is 0. The molecule has 0 radical (unpaired) electrons. The van der Waals surface area contributed by atoms with Crippen LogP contribution in [0.25, 0.3) is 0 Å². The lowest BCUT2D eigenvalue weighted by atomic mass is 10.5. The van der Waals surface area contributed by atoms with E-state index in [1.54, 1.807) is 0 Å². The summed E-state index contributed by atoms with van der Waals surface area (Å²) in [5.41, 5.74) is 0. The minimum Gasteiger partial charge on any atom is -0.395 e. The van der Waals surface area contributed by atoms with E-state index in [1.807, 2.05) is 6.92 Å². The van der Waals surface area contributed by atoms with Gasteiger partial charge in [0.25, 0.3) is 0 Å². The number of rotatable bonds is 7. The molecule has 4 heteroatoms. The zero-order chi connectivity index (χ0) is 11.2. The summed E-state index contributed by atoms with van der Waals surface area (Å²) in [6.07, 6.45) is 0.165. The molecule has 0 aliphatic carbocycles. The summed E-state index contributed by atoms with van der Waals surface area (Å²) in [6, 6.07) is 0. The Balaban J connectivity index is 4.07. The second-order valence-corrected chi connectivity index (χ2v) is 7.10. The Morgan fingerprint density at radius 3 is 2.00 bits per heavy atom. The quantitative estimate of drug-likeness (QED) is 0.485. The minimum absolute atomic E-state index is 0.165. The fraction of sp³-hybridized carbons (Fsp3) is 1.00. The molecule has 0 aliphatic rings. The van der Waals surface area contributed by atoms with E-state index >= 15 is 0 Å². The zero-order valence-corrected chi connectivity index (χ0v) is 11.5. The minimum atomic E-state index is -1.90. The van der Waals surface area contributed by atoms with Crippen LogP contribution in [0.3, 0.4) is 0 Å². The molecule has 0 saturated heterocycles. The molecule has 0 amide bonds. The molecule has 3 nitrogen and oxygen atoms in total. The Labute approximate surface area is 89.6 Å². The van der Waals surface area contributed by atoms with Gasteiger partial charge in [-0.3, -0.25) is 4.90 Å². The van der Waals surface area contributed by atoms with Gasteiger partial charge >= 0.3 is 8.56 Å². The van der Waals surface area contributed by atoms with Gasteiger partial charge in [0.15, 0.2) is 0 Å². The van der Waals surface area contributed by atoms with E-state index in [0.717, 1.165) is 19.7 Å². The van der Waals surface area contributed by atoms with Crippen LogP contribution in [0.15, 0.2) is 0 Å². The van der Waals surface area contributed by atoms with Crippen molar-refractivity contribution < 1.29 is 8.85 Å². The van der Waals surface area contributed by atoms with Gasteiger partial charge in [0, 0.05) is 6.61 Å². The fourth-order valence-corrected chi connectivity index (χ4v) is 3.34. The van der Waals surface area contributed by atoms with Gasteiger partial charge in [0.2, 0.25) is 0 Å². The van der Waals surface area contributed by atoms with Crippen molar-refractivity contribution in [2.24, 2.45) is 0 Å². The van der Waals surface area contributed by atoms with Crippen molar-refractivity contribution in [1.82, 2.24) is 4.90 Å². The van der Waals surface area contributed by atoms with Crippen LogP contribution in [0.1, 0.15) is 27.7 Å². The smallest absolute Gasteiger partial charge is 0.332 e. The highest BCUT2D eigenvalue weighted by Gasteiger charge is 2.28. The van der Waals surface area contributed by atoms with Crippen molar-refractivity contribution in [3.05, 3.63) is 0 Å². The second kappa shape index (κ2) is 6.56. The number of nitrogens with zero attached hydrogens (tertiary/aromatic N) is 1. The molecule has 0 heterocycles. The van der Waals surface area contributed by atoms with Crippen LogP contribution in [0.4, 0.5) is 0 Å². The Morgan fingerprint density at radius 1 is 1.14 bits per heavy atom. The normalized spacial score (nSPS) is 14.8. The molecular weight excluding hydrogens is 194 g/mol.